The van der Waals surface area contributed by atoms with Gasteiger partial charge in [-0.25, -0.2) is 4.79 Å². The number of ether oxygens (including phenoxy) is 1. The average molecular weight is 351 g/mol. The molecule has 0 bridgehead atoms. The third-order valence-corrected chi connectivity index (χ3v) is 4.37. The Hall–Kier alpha value is -3.15. The molecular weight excluding hydrogens is 330 g/mol. The fourth-order valence-corrected chi connectivity index (χ4v) is 2.65. The van der Waals surface area contributed by atoms with E-state index < -0.39 is 11.9 Å². The van der Waals surface area contributed by atoms with Gasteiger partial charge in [0.1, 0.15) is 0 Å². The molecule has 134 valence electrons. The summed E-state index contributed by atoms with van der Waals surface area (Å²) in [5, 5.41) is 10.1. The molecule has 2 N–H and O–H groups in total. The minimum atomic E-state index is -0.635. The van der Waals surface area contributed by atoms with Crippen LogP contribution < -0.4 is 5.32 Å². The number of nitrogens with zero attached hydrogens (tertiary/aromatic N) is 1. The summed E-state index contributed by atoms with van der Waals surface area (Å²) >= 11 is 0. The van der Waals surface area contributed by atoms with Crippen molar-refractivity contribution in [1.82, 2.24) is 10.2 Å². The van der Waals surface area contributed by atoms with Crippen LogP contribution in [-0.4, -0.2) is 28.7 Å². The Morgan fingerprint density at radius 2 is 1.88 bits per heavy atom. The Bertz CT molecular complexity index is 915. The number of amides is 1. The summed E-state index contributed by atoms with van der Waals surface area (Å²) in [5.41, 5.74) is 2.81. The minimum Gasteiger partial charge on any atom is -0.451 e. The normalized spacial score (nSPS) is 11.9. The van der Waals surface area contributed by atoms with Crippen molar-refractivity contribution >= 4 is 28.5 Å². The summed E-state index contributed by atoms with van der Waals surface area (Å²) < 4.78 is 5.07. The fourth-order valence-electron chi connectivity index (χ4n) is 2.65. The molecule has 6 nitrogen and oxygen atoms in total. The van der Waals surface area contributed by atoms with Gasteiger partial charge in [0.2, 0.25) is 0 Å². The van der Waals surface area contributed by atoms with Gasteiger partial charge in [-0.3, -0.25) is 9.89 Å². The second-order valence-corrected chi connectivity index (χ2v) is 6.17. The highest BCUT2D eigenvalue weighted by molar-refractivity contribution is 6.03. The number of anilines is 1. The van der Waals surface area contributed by atoms with Gasteiger partial charge in [-0.1, -0.05) is 44.2 Å². The van der Waals surface area contributed by atoms with Crippen molar-refractivity contribution in [3.63, 3.8) is 0 Å². The van der Waals surface area contributed by atoms with Gasteiger partial charge >= 0.3 is 5.97 Å². The summed E-state index contributed by atoms with van der Waals surface area (Å²) in [6.07, 6.45) is 1.06. The number of esters is 1. The molecule has 0 aliphatic rings. The molecule has 0 aliphatic heterocycles. The first-order chi connectivity index (χ1) is 12.6. The third kappa shape index (κ3) is 3.91. The molecule has 3 rings (SSSR count). The zero-order valence-electron chi connectivity index (χ0n) is 14.8. The molecule has 0 radical (unpaired) electrons. The molecule has 1 atom stereocenters. The monoisotopic (exact) mass is 351 g/mol. The van der Waals surface area contributed by atoms with E-state index >= 15 is 0 Å². The predicted octanol–water partition coefficient (Wildman–Crippen LogP) is 3.87. The summed E-state index contributed by atoms with van der Waals surface area (Å²) in [6.45, 7) is 3.93. The van der Waals surface area contributed by atoms with Crippen LogP contribution in [0.3, 0.4) is 0 Å². The number of H-pyrrole nitrogens is 1. The maximum atomic E-state index is 12.1. The smallest absolute Gasteiger partial charge is 0.359 e. The van der Waals surface area contributed by atoms with E-state index in [4.69, 9.17) is 4.74 Å². The SMILES string of the molecule is CC[C@@H](C)c1ccc(NC(=O)COC(=O)c2n[nH]c3ccccc23)cc1. The van der Waals surface area contributed by atoms with Crippen LogP contribution in [0.4, 0.5) is 5.69 Å². The molecule has 3 aromatic rings. The van der Waals surface area contributed by atoms with Gasteiger partial charge in [0.15, 0.2) is 12.3 Å². The van der Waals surface area contributed by atoms with Crippen molar-refractivity contribution in [2.75, 3.05) is 11.9 Å². The quantitative estimate of drug-likeness (QED) is 0.660. The Morgan fingerprint density at radius 1 is 1.15 bits per heavy atom. The number of hydrogen-bond acceptors (Lipinski definition) is 4. The number of nitrogens with one attached hydrogen (secondary N) is 2. The number of rotatable bonds is 6. The van der Waals surface area contributed by atoms with Gasteiger partial charge < -0.3 is 10.1 Å². The zero-order valence-corrected chi connectivity index (χ0v) is 14.8. The molecule has 0 saturated heterocycles. The van der Waals surface area contributed by atoms with Gasteiger partial charge in [-0.05, 0) is 36.1 Å². The number of carbonyl (C=O) groups is 2. The van der Waals surface area contributed by atoms with E-state index in [1.807, 2.05) is 42.5 Å². The van der Waals surface area contributed by atoms with Crippen LogP contribution in [0.1, 0.15) is 42.2 Å². The number of aromatic nitrogens is 2. The van der Waals surface area contributed by atoms with Gasteiger partial charge in [-0.15, -0.1) is 0 Å². The molecule has 0 unspecified atom stereocenters. The third-order valence-electron chi connectivity index (χ3n) is 4.37. The molecule has 2 aromatic carbocycles. The van der Waals surface area contributed by atoms with Crippen LogP contribution in [0, 0.1) is 0 Å². The Morgan fingerprint density at radius 3 is 2.62 bits per heavy atom. The standard InChI is InChI=1S/C20H21N3O3/c1-3-13(2)14-8-10-15(11-9-14)21-18(24)12-26-20(25)19-16-6-4-5-7-17(16)22-23-19/h4-11,13H,3,12H2,1-2H3,(H,21,24)(H,22,23)/t13-/m1/s1. The summed E-state index contributed by atoms with van der Waals surface area (Å²) in [6, 6.07) is 14.9. The highest BCUT2D eigenvalue weighted by Gasteiger charge is 2.16. The van der Waals surface area contributed by atoms with Gasteiger partial charge in [-0.2, -0.15) is 5.10 Å². The number of hydrogen-bond donors (Lipinski definition) is 2. The highest BCUT2D eigenvalue weighted by atomic mass is 16.5. The molecule has 6 heteroatoms. The second-order valence-electron chi connectivity index (χ2n) is 6.17. The summed E-state index contributed by atoms with van der Waals surface area (Å²) in [5.74, 6) is -0.552. The van der Waals surface area contributed by atoms with E-state index in [-0.39, 0.29) is 12.3 Å². The highest BCUT2D eigenvalue weighted by Crippen LogP contribution is 2.20. The van der Waals surface area contributed by atoms with Crippen molar-refractivity contribution in [2.24, 2.45) is 0 Å². The topological polar surface area (TPSA) is 84.1 Å². The van der Waals surface area contributed by atoms with E-state index in [1.165, 1.54) is 5.56 Å². The number of aromatic amines is 1. The van der Waals surface area contributed by atoms with Gasteiger partial charge in [0, 0.05) is 11.1 Å². The van der Waals surface area contributed by atoms with E-state index in [2.05, 4.69) is 29.4 Å². The van der Waals surface area contributed by atoms with Crippen LogP contribution in [0.5, 0.6) is 0 Å². The maximum Gasteiger partial charge on any atom is 0.359 e. The molecule has 0 aliphatic carbocycles. The van der Waals surface area contributed by atoms with E-state index in [0.29, 0.717) is 17.0 Å². The Labute approximate surface area is 151 Å². The first-order valence-corrected chi connectivity index (χ1v) is 8.58. The van der Waals surface area contributed by atoms with Crippen molar-refractivity contribution in [1.29, 1.82) is 0 Å². The lowest BCUT2D eigenvalue weighted by Gasteiger charge is -2.10. The van der Waals surface area contributed by atoms with Crippen LogP contribution >= 0.6 is 0 Å². The number of benzene rings is 2. The molecule has 1 heterocycles. The zero-order chi connectivity index (χ0) is 18.5. The largest absolute Gasteiger partial charge is 0.451 e. The Balaban J connectivity index is 1.56. The van der Waals surface area contributed by atoms with E-state index in [9.17, 15) is 9.59 Å². The van der Waals surface area contributed by atoms with Crippen LogP contribution in [-0.2, 0) is 9.53 Å². The fraction of sp³-hybridized carbons (Fsp3) is 0.250. The summed E-state index contributed by atoms with van der Waals surface area (Å²) in [4.78, 5) is 24.2. The van der Waals surface area contributed by atoms with Crippen LogP contribution in [0.25, 0.3) is 10.9 Å². The maximum absolute atomic E-state index is 12.1. The molecule has 26 heavy (non-hydrogen) atoms. The Kier molecular flexibility index (Phi) is 5.31. The lowest BCUT2D eigenvalue weighted by molar-refractivity contribution is -0.119. The van der Waals surface area contributed by atoms with Gasteiger partial charge in [0.25, 0.3) is 5.91 Å². The lowest BCUT2D eigenvalue weighted by Crippen LogP contribution is -2.21. The first-order valence-electron chi connectivity index (χ1n) is 8.58. The molecule has 0 fully saturated rings. The molecule has 1 aromatic heterocycles. The van der Waals surface area contributed by atoms with Crippen LogP contribution in [0.2, 0.25) is 0 Å². The van der Waals surface area contributed by atoms with Crippen molar-refractivity contribution < 1.29 is 14.3 Å². The average Bonchev–Trinajstić information content (AvgIpc) is 3.10. The predicted molar refractivity (Wildman–Crippen MR) is 100 cm³/mol. The second kappa shape index (κ2) is 7.82. The van der Waals surface area contributed by atoms with E-state index in [1.54, 1.807) is 6.07 Å². The van der Waals surface area contributed by atoms with E-state index in [0.717, 1.165) is 11.9 Å². The van der Waals surface area contributed by atoms with Crippen LogP contribution in [0.15, 0.2) is 48.5 Å². The number of carbonyl (C=O) groups excluding carboxylic acids is 2. The molecule has 0 saturated carbocycles. The number of fused-ring (bicyclic) bond motifs is 1. The van der Waals surface area contributed by atoms with Crippen molar-refractivity contribution in [3.8, 4) is 0 Å². The molecule has 1 amide bonds. The first kappa shape index (κ1) is 17.7. The van der Waals surface area contributed by atoms with Gasteiger partial charge in [0.05, 0.1) is 5.52 Å². The van der Waals surface area contributed by atoms with Crippen molar-refractivity contribution in [2.45, 2.75) is 26.2 Å². The minimum absolute atomic E-state index is 0.173. The summed E-state index contributed by atoms with van der Waals surface area (Å²) in [7, 11) is 0. The van der Waals surface area contributed by atoms with Crippen molar-refractivity contribution in [3.05, 3.63) is 59.8 Å². The molecular formula is C20H21N3O3. The lowest BCUT2D eigenvalue weighted by atomic mass is 9.99. The number of para-hydroxylation sites is 1. The molecule has 0 spiro atoms.